The maximum Gasteiger partial charge on any atom is 0.253 e. The molecule has 2 fully saturated rings. The summed E-state index contributed by atoms with van der Waals surface area (Å²) in [5.74, 6) is -0.104. The van der Waals surface area contributed by atoms with Gasteiger partial charge in [-0.3, -0.25) is 9.69 Å². The summed E-state index contributed by atoms with van der Waals surface area (Å²) in [6, 6.07) is 6.19. The SMILES string of the molecule is CN(CCN1CCOCC1)S(=O)(=O)c1ccc(C(=O)N2CCC(N)C2)cc1. The molecule has 1 aromatic carbocycles. The highest BCUT2D eigenvalue weighted by atomic mass is 32.2. The zero-order chi connectivity index (χ0) is 19.4. The van der Waals surface area contributed by atoms with E-state index in [4.69, 9.17) is 10.5 Å². The van der Waals surface area contributed by atoms with Gasteiger partial charge in [-0.05, 0) is 30.7 Å². The molecule has 0 aromatic heterocycles. The van der Waals surface area contributed by atoms with E-state index in [1.165, 1.54) is 16.4 Å². The molecule has 2 aliphatic rings. The summed E-state index contributed by atoms with van der Waals surface area (Å²) in [5.41, 5.74) is 6.33. The Morgan fingerprint density at radius 1 is 1.22 bits per heavy atom. The Bertz CT molecular complexity index is 747. The summed E-state index contributed by atoms with van der Waals surface area (Å²) in [6.45, 7) is 5.30. The molecule has 27 heavy (non-hydrogen) atoms. The predicted molar refractivity (Wildman–Crippen MR) is 102 cm³/mol. The Kier molecular flexibility index (Phi) is 6.48. The molecule has 2 heterocycles. The summed E-state index contributed by atoms with van der Waals surface area (Å²) in [6.07, 6.45) is 0.798. The number of hydrogen-bond acceptors (Lipinski definition) is 6. The van der Waals surface area contributed by atoms with Crippen LogP contribution in [-0.2, 0) is 14.8 Å². The van der Waals surface area contributed by atoms with E-state index >= 15 is 0 Å². The molecule has 1 atom stereocenters. The van der Waals surface area contributed by atoms with E-state index in [1.54, 1.807) is 24.1 Å². The van der Waals surface area contributed by atoms with E-state index in [1.807, 2.05) is 0 Å². The van der Waals surface area contributed by atoms with Gasteiger partial charge in [-0.1, -0.05) is 0 Å². The number of nitrogens with zero attached hydrogens (tertiary/aromatic N) is 3. The molecule has 1 aromatic rings. The second-order valence-corrected chi connectivity index (χ2v) is 9.15. The molecule has 2 aliphatic heterocycles. The van der Waals surface area contributed by atoms with E-state index in [2.05, 4.69) is 4.90 Å². The fourth-order valence-corrected chi connectivity index (χ4v) is 4.49. The number of carbonyl (C=O) groups is 1. The normalized spacial score (nSPS) is 21.7. The van der Waals surface area contributed by atoms with Crippen LogP contribution in [0.15, 0.2) is 29.2 Å². The van der Waals surface area contributed by atoms with Gasteiger partial charge >= 0.3 is 0 Å². The van der Waals surface area contributed by atoms with Gasteiger partial charge in [0.05, 0.1) is 18.1 Å². The average Bonchev–Trinajstić information content (AvgIpc) is 3.12. The number of likely N-dealkylation sites (N-methyl/N-ethyl adjacent to an activating group) is 1. The number of hydrogen-bond donors (Lipinski definition) is 1. The van der Waals surface area contributed by atoms with E-state index < -0.39 is 10.0 Å². The van der Waals surface area contributed by atoms with Gasteiger partial charge in [0.15, 0.2) is 0 Å². The van der Waals surface area contributed by atoms with Crippen LogP contribution < -0.4 is 5.73 Å². The van der Waals surface area contributed by atoms with Crippen molar-refractivity contribution in [2.45, 2.75) is 17.4 Å². The minimum atomic E-state index is -3.58. The van der Waals surface area contributed by atoms with Crippen molar-refractivity contribution in [3.63, 3.8) is 0 Å². The van der Waals surface area contributed by atoms with Crippen molar-refractivity contribution in [1.82, 2.24) is 14.1 Å². The minimum absolute atomic E-state index is 0.0220. The van der Waals surface area contributed by atoms with Crippen molar-refractivity contribution in [1.29, 1.82) is 0 Å². The summed E-state index contributed by atoms with van der Waals surface area (Å²) < 4.78 is 32.2. The molecule has 0 aliphatic carbocycles. The maximum absolute atomic E-state index is 12.8. The molecular weight excluding hydrogens is 368 g/mol. The van der Waals surface area contributed by atoms with Crippen LogP contribution in [0.25, 0.3) is 0 Å². The van der Waals surface area contributed by atoms with Gasteiger partial charge in [0.2, 0.25) is 10.0 Å². The van der Waals surface area contributed by atoms with E-state index in [0.717, 1.165) is 19.5 Å². The highest BCUT2D eigenvalue weighted by molar-refractivity contribution is 7.89. The van der Waals surface area contributed by atoms with E-state index in [-0.39, 0.29) is 16.8 Å². The number of rotatable bonds is 6. The molecule has 8 nitrogen and oxygen atoms in total. The fraction of sp³-hybridized carbons (Fsp3) is 0.611. The Hall–Kier alpha value is -1.52. The number of likely N-dealkylation sites (tertiary alicyclic amines) is 1. The Morgan fingerprint density at radius 2 is 1.89 bits per heavy atom. The van der Waals surface area contributed by atoms with E-state index in [0.29, 0.717) is 45.0 Å². The molecule has 2 saturated heterocycles. The number of carbonyl (C=O) groups excluding carboxylic acids is 1. The van der Waals surface area contributed by atoms with Crippen LogP contribution in [-0.4, -0.2) is 94.0 Å². The quantitative estimate of drug-likeness (QED) is 0.716. The molecule has 150 valence electrons. The molecule has 0 bridgehead atoms. The van der Waals surface area contributed by atoms with Crippen LogP contribution in [0.3, 0.4) is 0 Å². The fourth-order valence-electron chi connectivity index (χ4n) is 3.33. The van der Waals surface area contributed by atoms with Crippen molar-refractivity contribution in [3.8, 4) is 0 Å². The Morgan fingerprint density at radius 3 is 2.48 bits per heavy atom. The number of morpholine rings is 1. The number of benzene rings is 1. The molecule has 9 heteroatoms. The predicted octanol–water partition coefficient (Wildman–Crippen LogP) is -0.187. The zero-order valence-electron chi connectivity index (χ0n) is 15.7. The van der Waals surface area contributed by atoms with Gasteiger partial charge in [0, 0.05) is 57.9 Å². The smallest absolute Gasteiger partial charge is 0.253 e. The maximum atomic E-state index is 12.8. The lowest BCUT2D eigenvalue weighted by atomic mass is 10.2. The molecule has 2 N–H and O–H groups in total. The number of nitrogens with two attached hydrogens (primary N) is 1. The van der Waals surface area contributed by atoms with Crippen LogP contribution in [0.1, 0.15) is 16.8 Å². The van der Waals surface area contributed by atoms with Gasteiger partial charge in [-0.2, -0.15) is 4.31 Å². The summed E-state index contributed by atoms with van der Waals surface area (Å²) in [4.78, 5) is 16.6. The monoisotopic (exact) mass is 396 g/mol. The first-order valence-electron chi connectivity index (χ1n) is 9.29. The third-order valence-electron chi connectivity index (χ3n) is 5.16. The van der Waals surface area contributed by atoms with Gasteiger partial charge in [0.1, 0.15) is 0 Å². The second-order valence-electron chi connectivity index (χ2n) is 7.10. The zero-order valence-corrected chi connectivity index (χ0v) is 16.5. The van der Waals surface area contributed by atoms with Crippen LogP contribution >= 0.6 is 0 Å². The standard InChI is InChI=1S/C18H28N4O4S/c1-20(8-9-21-10-12-26-13-11-21)27(24,25)17-4-2-15(3-5-17)18(23)22-7-6-16(19)14-22/h2-5,16H,6-14,19H2,1H3. The number of sulfonamides is 1. The topological polar surface area (TPSA) is 96.2 Å². The van der Waals surface area contributed by atoms with Crippen LogP contribution in [0.2, 0.25) is 0 Å². The largest absolute Gasteiger partial charge is 0.379 e. The van der Waals surface area contributed by atoms with E-state index in [9.17, 15) is 13.2 Å². The molecular formula is C18H28N4O4S. The molecule has 1 amide bonds. The lowest BCUT2D eigenvalue weighted by Crippen LogP contribution is -2.41. The third kappa shape index (κ3) is 4.85. The molecule has 3 rings (SSSR count). The highest BCUT2D eigenvalue weighted by Gasteiger charge is 2.26. The Labute approximate surface area is 160 Å². The second kappa shape index (κ2) is 8.66. The molecule has 0 spiro atoms. The molecule has 0 radical (unpaired) electrons. The van der Waals surface area contributed by atoms with Gasteiger partial charge in [-0.15, -0.1) is 0 Å². The first-order valence-corrected chi connectivity index (χ1v) is 10.7. The van der Waals surface area contributed by atoms with Gasteiger partial charge < -0.3 is 15.4 Å². The summed E-state index contributed by atoms with van der Waals surface area (Å²) in [5, 5.41) is 0. The lowest BCUT2D eigenvalue weighted by molar-refractivity contribution is 0.0368. The van der Waals surface area contributed by atoms with Crippen LogP contribution in [0.5, 0.6) is 0 Å². The van der Waals surface area contributed by atoms with Crippen LogP contribution in [0.4, 0.5) is 0 Å². The lowest BCUT2D eigenvalue weighted by Gasteiger charge is -2.28. The van der Waals surface area contributed by atoms with Crippen molar-refractivity contribution < 1.29 is 17.9 Å². The minimum Gasteiger partial charge on any atom is -0.379 e. The Balaban J connectivity index is 1.61. The first kappa shape index (κ1) is 20.2. The number of amides is 1. The summed E-state index contributed by atoms with van der Waals surface area (Å²) in [7, 11) is -2.00. The van der Waals surface area contributed by atoms with Crippen molar-refractivity contribution in [2.75, 3.05) is 59.5 Å². The third-order valence-corrected chi connectivity index (χ3v) is 7.03. The van der Waals surface area contributed by atoms with Crippen LogP contribution in [0, 0.1) is 0 Å². The van der Waals surface area contributed by atoms with Crippen molar-refractivity contribution >= 4 is 15.9 Å². The van der Waals surface area contributed by atoms with Crippen molar-refractivity contribution in [2.24, 2.45) is 5.73 Å². The van der Waals surface area contributed by atoms with Gasteiger partial charge in [-0.25, -0.2) is 8.42 Å². The number of ether oxygens (including phenoxy) is 1. The van der Waals surface area contributed by atoms with Crippen molar-refractivity contribution in [3.05, 3.63) is 29.8 Å². The molecule has 0 saturated carbocycles. The average molecular weight is 397 g/mol. The molecule has 1 unspecified atom stereocenters. The first-order chi connectivity index (χ1) is 12.9. The van der Waals surface area contributed by atoms with Gasteiger partial charge in [0.25, 0.3) is 5.91 Å². The highest BCUT2D eigenvalue weighted by Crippen LogP contribution is 2.18. The summed E-state index contributed by atoms with van der Waals surface area (Å²) >= 11 is 0.